The maximum Gasteiger partial charge on any atom is 0.298 e. The second kappa shape index (κ2) is 7.65. The molecular weight excluding hydrogens is 308 g/mol. The standard InChI is InChI=1S/C16H26N6O2/c1-3-4-7-18-15-20-13(17)12-14(21-15)22(16(19-12)23-2)10-11-5-8-24-9-6-11/h11H,3-10H2,1-2H3,(H3,17,18,20,21). The quantitative estimate of drug-likeness (QED) is 0.747. The van der Waals surface area contributed by atoms with Crippen LogP contribution in [0.2, 0.25) is 0 Å². The number of ether oxygens (including phenoxy) is 2. The number of fused-ring (bicyclic) bond motifs is 1. The van der Waals surface area contributed by atoms with E-state index in [0.717, 1.165) is 57.6 Å². The number of methoxy groups -OCH3 is 1. The number of nitrogens with zero attached hydrogens (tertiary/aromatic N) is 4. The van der Waals surface area contributed by atoms with Crippen molar-refractivity contribution in [2.75, 3.05) is 37.9 Å². The molecule has 2 aromatic rings. The summed E-state index contributed by atoms with van der Waals surface area (Å²) >= 11 is 0. The molecule has 3 rings (SSSR count). The Morgan fingerprint density at radius 2 is 2.08 bits per heavy atom. The Labute approximate surface area is 141 Å². The predicted molar refractivity (Wildman–Crippen MR) is 93.2 cm³/mol. The van der Waals surface area contributed by atoms with Gasteiger partial charge >= 0.3 is 0 Å². The summed E-state index contributed by atoms with van der Waals surface area (Å²) in [5, 5.41) is 3.23. The summed E-state index contributed by atoms with van der Waals surface area (Å²) in [6.07, 6.45) is 4.24. The van der Waals surface area contributed by atoms with E-state index in [2.05, 4.69) is 27.2 Å². The van der Waals surface area contributed by atoms with Crippen LogP contribution in [-0.4, -0.2) is 46.4 Å². The Kier molecular flexibility index (Phi) is 5.34. The van der Waals surface area contributed by atoms with Gasteiger partial charge in [0.1, 0.15) is 0 Å². The highest BCUT2D eigenvalue weighted by molar-refractivity contribution is 5.84. The van der Waals surface area contributed by atoms with Crippen molar-refractivity contribution in [3.05, 3.63) is 0 Å². The molecule has 0 radical (unpaired) electrons. The van der Waals surface area contributed by atoms with Crippen molar-refractivity contribution < 1.29 is 9.47 Å². The number of hydrogen-bond acceptors (Lipinski definition) is 7. The largest absolute Gasteiger partial charge is 0.468 e. The molecule has 0 spiro atoms. The van der Waals surface area contributed by atoms with Crippen LogP contribution in [0.3, 0.4) is 0 Å². The van der Waals surface area contributed by atoms with Gasteiger partial charge in [0.15, 0.2) is 17.0 Å². The molecule has 3 N–H and O–H groups in total. The molecule has 132 valence electrons. The summed E-state index contributed by atoms with van der Waals surface area (Å²) in [6, 6.07) is 0.531. The molecule has 0 saturated carbocycles. The number of nitrogens with two attached hydrogens (primary N) is 1. The van der Waals surface area contributed by atoms with Crippen LogP contribution >= 0.6 is 0 Å². The summed E-state index contributed by atoms with van der Waals surface area (Å²) in [7, 11) is 1.62. The highest BCUT2D eigenvalue weighted by atomic mass is 16.5. The molecule has 0 aromatic carbocycles. The van der Waals surface area contributed by atoms with E-state index in [0.29, 0.717) is 29.2 Å². The first-order chi connectivity index (χ1) is 11.7. The fourth-order valence-corrected chi connectivity index (χ4v) is 2.97. The molecule has 1 saturated heterocycles. The number of unbranched alkanes of at least 4 members (excludes halogenated alkanes) is 1. The molecule has 1 fully saturated rings. The molecule has 8 heteroatoms. The zero-order valence-corrected chi connectivity index (χ0v) is 14.4. The molecule has 8 nitrogen and oxygen atoms in total. The van der Waals surface area contributed by atoms with Crippen LogP contribution in [-0.2, 0) is 11.3 Å². The van der Waals surface area contributed by atoms with Gasteiger partial charge in [-0.15, -0.1) is 0 Å². The maximum atomic E-state index is 6.09. The van der Waals surface area contributed by atoms with Crippen molar-refractivity contribution in [3.63, 3.8) is 0 Å². The highest BCUT2D eigenvalue weighted by Crippen LogP contribution is 2.27. The van der Waals surface area contributed by atoms with Crippen molar-refractivity contribution in [3.8, 4) is 6.01 Å². The summed E-state index contributed by atoms with van der Waals surface area (Å²) in [6.45, 7) is 5.38. The third-order valence-corrected chi connectivity index (χ3v) is 4.36. The van der Waals surface area contributed by atoms with E-state index in [1.807, 2.05) is 4.57 Å². The van der Waals surface area contributed by atoms with Crippen molar-refractivity contribution in [2.45, 2.75) is 39.2 Å². The van der Waals surface area contributed by atoms with Gasteiger partial charge in [0, 0.05) is 26.3 Å². The molecule has 2 aromatic heterocycles. The number of aromatic nitrogens is 4. The lowest BCUT2D eigenvalue weighted by molar-refractivity contribution is 0.0608. The van der Waals surface area contributed by atoms with E-state index >= 15 is 0 Å². The minimum atomic E-state index is 0.378. The van der Waals surface area contributed by atoms with Crippen molar-refractivity contribution >= 4 is 22.9 Å². The van der Waals surface area contributed by atoms with E-state index in [1.165, 1.54) is 0 Å². The summed E-state index contributed by atoms with van der Waals surface area (Å²) < 4.78 is 12.9. The minimum Gasteiger partial charge on any atom is -0.468 e. The fraction of sp³-hybridized carbons (Fsp3) is 0.688. The lowest BCUT2D eigenvalue weighted by atomic mass is 10.0. The van der Waals surface area contributed by atoms with Gasteiger partial charge in [-0.1, -0.05) is 13.3 Å². The Bertz CT molecular complexity index is 681. The molecule has 1 aliphatic rings. The Balaban J connectivity index is 1.92. The topological polar surface area (TPSA) is 100 Å². The van der Waals surface area contributed by atoms with E-state index in [4.69, 9.17) is 15.2 Å². The monoisotopic (exact) mass is 334 g/mol. The van der Waals surface area contributed by atoms with Crippen LogP contribution < -0.4 is 15.8 Å². The van der Waals surface area contributed by atoms with Crippen molar-refractivity contribution in [2.24, 2.45) is 5.92 Å². The number of hydrogen-bond donors (Lipinski definition) is 2. The van der Waals surface area contributed by atoms with Crippen LogP contribution in [0, 0.1) is 5.92 Å². The Hall–Kier alpha value is -2.09. The number of rotatable bonds is 7. The summed E-state index contributed by atoms with van der Waals surface area (Å²) in [5.74, 6) is 1.45. The molecule has 0 unspecified atom stereocenters. The predicted octanol–water partition coefficient (Wildman–Crippen LogP) is 2.06. The van der Waals surface area contributed by atoms with E-state index in [1.54, 1.807) is 7.11 Å². The second-order valence-electron chi connectivity index (χ2n) is 6.15. The van der Waals surface area contributed by atoms with Gasteiger partial charge < -0.3 is 20.5 Å². The zero-order valence-electron chi connectivity index (χ0n) is 14.4. The first kappa shape index (κ1) is 16.8. The number of nitrogen functional groups attached to an aromatic ring is 1. The molecule has 24 heavy (non-hydrogen) atoms. The van der Waals surface area contributed by atoms with Gasteiger partial charge in [0.25, 0.3) is 6.01 Å². The fourth-order valence-electron chi connectivity index (χ4n) is 2.97. The van der Waals surface area contributed by atoms with Gasteiger partial charge in [-0.2, -0.15) is 15.0 Å². The number of anilines is 2. The van der Waals surface area contributed by atoms with Crippen molar-refractivity contribution in [1.82, 2.24) is 19.5 Å². The molecule has 1 aliphatic heterocycles. The van der Waals surface area contributed by atoms with Crippen LogP contribution in [0.25, 0.3) is 11.2 Å². The van der Waals surface area contributed by atoms with E-state index in [9.17, 15) is 0 Å². The summed E-state index contributed by atoms with van der Waals surface area (Å²) in [4.78, 5) is 13.4. The van der Waals surface area contributed by atoms with Crippen LogP contribution in [0.1, 0.15) is 32.6 Å². The van der Waals surface area contributed by atoms with Crippen LogP contribution in [0.4, 0.5) is 11.8 Å². The number of imidazole rings is 1. The average molecular weight is 334 g/mol. The highest BCUT2D eigenvalue weighted by Gasteiger charge is 2.21. The second-order valence-corrected chi connectivity index (χ2v) is 6.15. The van der Waals surface area contributed by atoms with Gasteiger partial charge in [-0.3, -0.25) is 4.57 Å². The minimum absolute atomic E-state index is 0.378. The van der Waals surface area contributed by atoms with Crippen LogP contribution in [0.15, 0.2) is 0 Å². The lowest BCUT2D eigenvalue weighted by Gasteiger charge is -2.22. The average Bonchev–Trinajstić information content (AvgIpc) is 2.94. The van der Waals surface area contributed by atoms with Gasteiger partial charge in [0.2, 0.25) is 5.95 Å². The molecule has 0 amide bonds. The summed E-state index contributed by atoms with van der Waals surface area (Å²) in [5.41, 5.74) is 7.41. The molecular formula is C16H26N6O2. The first-order valence-electron chi connectivity index (χ1n) is 8.62. The first-order valence-corrected chi connectivity index (χ1v) is 8.62. The smallest absolute Gasteiger partial charge is 0.298 e. The zero-order chi connectivity index (χ0) is 16.9. The Morgan fingerprint density at radius 3 is 2.79 bits per heavy atom. The van der Waals surface area contributed by atoms with E-state index in [-0.39, 0.29) is 0 Å². The third-order valence-electron chi connectivity index (χ3n) is 4.36. The number of nitrogens with one attached hydrogen (secondary N) is 1. The lowest BCUT2D eigenvalue weighted by Crippen LogP contribution is -2.21. The normalized spacial score (nSPS) is 15.8. The molecule has 0 aliphatic carbocycles. The van der Waals surface area contributed by atoms with Crippen LogP contribution in [0.5, 0.6) is 6.01 Å². The van der Waals surface area contributed by atoms with E-state index < -0.39 is 0 Å². The van der Waals surface area contributed by atoms with Gasteiger partial charge in [-0.05, 0) is 25.2 Å². The molecule has 0 bridgehead atoms. The molecule has 0 atom stereocenters. The van der Waals surface area contributed by atoms with Gasteiger partial charge in [0.05, 0.1) is 7.11 Å². The Morgan fingerprint density at radius 1 is 1.29 bits per heavy atom. The third kappa shape index (κ3) is 3.53. The molecule has 3 heterocycles. The van der Waals surface area contributed by atoms with Gasteiger partial charge in [-0.25, -0.2) is 0 Å². The maximum absolute atomic E-state index is 6.09. The SMILES string of the molecule is CCCCNc1nc(N)c2nc(OC)n(CC3CCOCC3)c2n1. The van der Waals surface area contributed by atoms with Crippen molar-refractivity contribution in [1.29, 1.82) is 0 Å².